The van der Waals surface area contributed by atoms with E-state index in [-0.39, 0.29) is 36.4 Å². The summed E-state index contributed by atoms with van der Waals surface area (Å²) >= 11 is 0. The molecule has 4 aliphatic heterocycles. The van der Waals surface area contributed by atoms with Gasteiger partial charge in [0.1, 0.15) is 5.54 Å². The second kappa shape index (κ2) is 11.1. The fraction of sp³-hybridized carbons (Fsp3) is 0.625. The van der Waals surface area contributed by atoms with Crippen LogP contribution in [0.15, 0.2) is 41.5 Å². The highest BCUT2D eigenvalue weighted by Gasteiger charge is 2.55. The van der Waals surface area contributed by atoms with Crippen LogP contribution in [0.4, 0.5) is 0 Å². The van der Waals surface area contributed by atoms with E-state index in [4.69, 9.17) is 5.73 Å². The Morgan fingerprint density at radius 2 is 1.67 bits per heavy atom. The summed E-state index contributed by atoms with van der Waals surface area (Å²) in [6, 6.07) is 8.94. The third-order valence-electron chi connectivity index (χ3n) is 10.5. The van der Waals surface area contributed by atoms with Crippen molar-refractivity contribution in [2.75, 3.05) is 45.8 Å². The highest BCUT2D eigenvalue weighted by molar-refractivity contribution is 5.90. The largest absolute Gasteiger partial charge is 0.342 e. The van der Waals surface area contributed by atoms with Crippen molar-refractivity contribution in [1.29, 1.82) is 0 Å². The number of allylic oxidation sites excluding steroid dienone is 1. The molecule has 0 radical (unpaired) electrons. The minimum Gasteiger partial charge on any atom is -0.342 e. The van der Waals surface area contributed by atoms with Gasteiger partial charge in [0, 0.05) is 75.1 Å². The molecule has 3 saturated heterocycles. The van der Waals surface area contributed by atoms with Crippen LogP contribution >= 0.6 is 0 Å². The van der Waals surface area contributed by atoms with E-state index in [9.17, 15) is 14.4 Å². The number of hydrogen-bond acceptors (Lipinski definition) is 7. The van der Waals surface area contributed by atoms with Gasteiger partial charge in [-0.2, -0.15) is 5.10 Å². The number of nitrogens with zero attached hydrogens (tertiary/aromatic N) is 4. The zero-order valence-electron chi connectivity index (χ0n) is 24.3. The molecule has 4 N–H and O–H groups in total. The molecule has 0 aromatic heterocycles. The van der Waals surface area contributed by atoms with Crippen molar-refractivity contribution >= 4 is 23.9 Å². The van der Waals surface area contributed by atoms with E-state index in [1.807, 2.05) is 11.1 Å². The van der Waals surface area contributed by atoms with Crippen molar-refractivity contribution in [3.05, 3.63) is 47.5 Å². The first-order valence-corrected chi connectivity index (χ1v) is 15.8. The van der Waals surface area contributed by atoms with Gasteiger partial charge in [0.25, 0.3) is 0 Å². The smallest absolute Gasteiger partial charge is 0.244 e. The van der Waals surface area contributed by atoms with Gasteiger partial charge in [-0.05, 0) is 49.7 Å². The highest BCUT2D eigenvalue weighted by Crippen LogP contribution is 2.40. The predicted molar refractivity (Wildman–Crippen MR) is 159 cm³/mol. The number of amides is 3. The number of carbonyl (C=O) groups excluding carboxylic acids is 3. The summed E-state index contributed by atoms with van der Waals surface area (Å²) in [5.41, 5.74) is 10.6. The maximum atomic E-state index is 14.1. The molecule has 4 unspecified atom stereocenters. The number of likely N-dealkylation sites (tertiary alicyclic amines) is 2. The summed E-state index contributed by atoms with van der Waals surface area (Å²) in [4.78, 5) is 44.7. The lowest BCUT2D eigenvalue weighted by molar-refractivity contribution is -0.143. The minimum atomic E-state index is -0.637. The molecule has 224 valence electrons. The third kappa shape index (κ3) is 5.13. The number of hydrogen-bond donors (Lipinski definition) is 3. The van der Waals surface area contributed by atoms with Gasteiger partial charge < -0.3 is 25.9 Å². The van der Waals surface area contributed by atoms with Crippen molar-refractivity contribution in [2.45, 2.75) is 62.1 Å². The Hall–Kier alpha value is -3.24. The van der Waals surface area contributed by atoms with Gasteiger partial charge in [-0.1, -0.05) is 36.4 Å². The van der Waals surface area contributed by atoms with E-state index in [1.54, 1.807) is 4.90 Å². The van der Waals surface area contributed by atoms with Crippen LogP contribution in [-0.4, -0.2) is 96.2 Å². The van der Waals surface area contributed by atoms with Crippen LogP contribution in [0.1, 0.15) is 61.5 Å². The maximum absolute atomic E-state index is 14.1. The fourth-order valence-electron chi connectivity index (χ4n) is 7.64. The Morgan fingerprint density at radius 1 is 0.952 bits per heavy atom. The molecule has 1 aromatic rings. The minimum absolute atomic E-state index is 0.00366. The maximum Gasteiger partial charge on any atom is 0.244 e. The first-order valence-electron chi connectivity index (χ1n) is 15.8. The van der Waals surface area contributed by atoms with Gasteiger partial charge in [0.05, 0.1) is 12.7 Å². The van der Waals surface area contributed by atoms with Crippen molar-refractivity contribution in [3.63, 3.8) is 0 Å². The van der Waals surface area contributed by atoms with Gasteiger partial charge in [0.15, 0.2) is 0 Å². The zero-order valence-corrected chi connectivity index (χ0v) is 24.3. The molecule has 1 saturated carbocycles. The monoisotopic (exact) mass is 573 g/mol. The van der Waals surface area contributed by atoms with Crippen molar-refractivity contribution in [1.82, 2.24) is 25.4 Å². The summed E-state index contributed by atoms with van der Waals surface area (Å²) in [6.07, 6.45) is 11.8. The SMILES string of the molecule is NCC(=O)N1CCC2(CC1)NC(C1C=CC(c3ccc(C4C=NNC4)cc3)CC1)N(CC1CN(C(=O)C3CC3)C1)C2=O. The quantitative estimate of drug-likeness (QED) is 0.424. The molecule has 2 aliphatic carbocycles. The molecule has 1 spiro atoms. The Kier molecular flexibility index (Phi) is 7.30. The number of benzene rings is 1. The Balaban J connectivity index is 1.04. The molecule has 7 rings (SSSR count). The molecular formula is C32H43N7O3. The van der Waals surface area contributed by atoms with Gasteiger partial charge in [-0.3, -0.25) is 19.7 Å². The summed E-state index contributed by atoms with van der Waals surface area (Å²) < 4.78 is 0. The summed E-state index contributed by atoms with van der Waals surface area (Å²) in [5, 5.41) is 7.97. The summed E-state index contributed by atoms with van der Waals surface area (Å²) in [5.74, 6) is 1.88. The Bertz CT molecular complexity index is 1260. The molecular weight excluding hydrogens is 530 g/mol. The van der Waals surface area contributed by atoms with Crippen molar-refractivity contribution in [3.8, 4) is 0 Å². The molecule has 0 bridgehead atoms. The molecule has 4 atom stereocenters. The van der Waals surface area contributed by atoms with Crippen LogP contribution in [-0.2, 0) is 14.4 Å². The molecule has 3 amide bonds. The van der Waals surface area contributed by atoms with Crippen LogP contribution in [0.25, 0.3) is 0 Å². The predicted octanol–water partition coefficient (Wildman–Crippen LogP) is 1.36. The van der Waals surface area contributed by atoms with Gasteiger partial charge >= 0.3 is 0 Å². The average molecular weight is 574 g/mol. The van der Waals surface area contributed by atoms with E-state index in [0.717, 1.165) is 45.3 Å². The van der Waals surface area contributed by atoms with Gasteiger partial charge in [-0.25, -0.2) is 0 Å². The number of hydrazone groups is 1. The molecule has 10 nitrogen and oxygen atoms in total. The van der Waals surface area contributed by atoms with Gasteiger partial charge in [-0.15, -0.1) is 0 Å². The molecule has 42 heavy (non-hydrogen) atoms. The summed E-state index contributed by atoms with van der Waals surface area (Å²) in [7, 11) is 0. The molecule has 10 heteroatoms. The van der Waals surface area contributed by atoms with Crippen LogP contribution < -0.4 is 16.5 Å². The number of rotatable bonds is 7. The number of nitrogens with two attached hydrogens (primary N) is 1. The lowest BCUT2D eigenvalue weighted by atomic mass is 9.82. The lowest BCUT2D eigenvalue weighted by Crippen LogP contribution is -2.57. The van der Waals surface area contributed by atoms with Crippen LogP contribution in [0, 0.1) is 17.8 Å². The van der Waals surface area contributed by atoms with Crippen LogP contribution in [0.5, 0.6) is 0 Å². The average Bonchev–Trinajstić information content (AvgIpc) is 3.65. The normalized spacial score (nSPS) is 30.6. The first kappa shape index (κ1) is 27.6. The molecule has 4 fully saturated rings. The molecule has 1 aromatic carbocycles. The highest BCUT2D eigenvalue weighted by atomic mass is 16.2. The van der Waals surface area contributed by atoms with Gasteiger partial charge in [0.2, 0.25) is 17.7 Å². The lowest BCUT2D eigenvalue weighted by Gasteiger charge is -2.43. The number of nitrogens with one attached hydrogen (secondary N) is 2. The third-order valence-corrected chi connectivity index (χ3v) is 10.5. The molecule has 4 heterocycles. The van der Waals surface area contributed by atoms with Crippen LogP contribution in [0.2, 0.25) is 0 Å². The Morgan fingerprint density at radius 3 is 2.26 bits per heavy atom. The molecule has 6 aliphatic rings. The fourth-order valence-corrected chi connectivity index (χ4v) is 7.64. The first-order chi connectivity index (χ1) is 20.4. The van der Waals surface area contributed by atoms with E-state index >= 15 is 0 Å². The summed E-state index contributed by atoms with van der Waals surface area (Å²) in [6.45, 7) is 4.12. The number of piperidine rings is 1. The standard InChI is InChI=1S/C32H43N7O3/c33-15-28(40)37-13-11-32(12-14-37)31(42)39(20-21-18-38(19-21)30(41)26-9-10-26)29(36-32)25-7-5-23(6-8-25)22-1-3-24(4-2-22)27-16-34-35-17-27/h1-5,7,16,21,23,25-27,29,35-36H,6,8-15,17-20,33H2. The zero-order chi connectivity index (χ0) is 28.8. The van der Waals surface area contributed by atoms with Crippen molar-refractivity contribution < 1.29 is 14.4 Å². The van der Waals surface area contributed by atoms with E-state index < -0.39 is 5.54 Å². The Labute approximate surface area is 247 Å². The van der Waals surface area contributed by atoms with E-state index in [2.05, 4.69) is 57.2 Å². The topological polar surface area (TPSA) is 123 Å². The number of carbonyl (C=O) groups is 3. The second-order valence-electron chi connectivity index (χ2n) is 13.2. The van der Waals surface area contributed by atoms with E-state index in [1.165, 1.54) is 11.1 Å². The van der Waals surface area contributed by atoms with Crippen molar-refractivity contribution in [2.24, 2.45) is 28.6 Å². The second-order valence-corrected chi connectivity index (χ2v) is 13.2. The van der Waals surface area contributed by atoms with Crippen LogP contribution in [0.3, 0.4) is 0 Å². The van der Waals surface area contributed by atoms with E-state index in [0.29, 0.717) is 56.1 Å².